The fraction of sp³-hybridized carbons (Fsp3) is 0. The van der Waals surface area contributed by atoms with E-state index in [0.29, 0.717) is 5.82 Å². The minimum atomic E-state index is -0.529. The molecular weight excluding hydrogens is 243 g/mol. The van der Waals surface area contributed by atoms with E-state index in [2.05, 4.69) is 15.3 Å². The molecule has 0 fully saturated rings. The molecule has 17 heavy (non-hydrogen) atoms. The summed E-state index contributed by atoms with van der Waals surface area (Å²) < 4.78 is 13.5. The summed E-state index contributed by atoms with van der Waals surface area (Å²) in [7, 11) is 0. The van der Waals surface area contributed by atoms with Crippen molar-refractivity contribution in [3.63, 3.8) is 0 Å². The second-order valence-electron chi connectivity index (χ2n) is 3.14. The summed E-state index contributed by atoms with van der Waals surface area (Å²) >= 11 is 5.60. The molecule has 0 aliphatic heterocycles. The Kier molecular flexibility index (Phi) is 3.17. The Bertz CT molecular complexity index is 594. The van der Waals surface area contributed by atoms with Crippen molar-refractivity contribution in [1.29, 1.82) is 5.26 Å². The van der Waals surface area contributed by atoms with Gasteiger partial charge in [0.2, 0.25) is 5.28 Å². The number of halogens is 2. The van der Waals surface area contributed by atoms with Gasteiger partial charge in [0.15, 0.2) is 0 Å². The molecule has 0 saturated heterocycles. The molecule has 2 rings (SSSR count). The van der Waals surface area contributed by atoms with E-state index in [-0.39, 0.29) is 16.5 Å². The maximum absolute atomic E-state index is 13.5. The quantitative estimate of drug-likeness (QED) is 0.830. The van der Waals surface area contributed by atoms with Crippen LogP contribution in [-0.4, -0.2) is 9.97 Å². The van der Waals surface area contributed by atoms with Crippen LogP contribution in [0.15, 0.2) is 30.5 Å². The lowest BCUT2D eigenvalue weighted by atomic mass is 10.2. The number of hydrogen-bond acceptors (Lipinski definition) is 4. The normalized spacial score (nSPS) is 9.71. The van der Waals surface area contributed by atoms with Gasteiger partial charge in [-0.15, -0.1) is 0 Å². The molecule has 1 aromatic heterocycles. The minimum Gasteiger partial charge on any atom is -0.338 e. The number of anilines is 2. The van der Waals surface area contributed by atoms with Crippen molar-refractivity contribution >= 4 is 23.1 Å². The monoisotopic (exact) mass is 248 g/mol. The zero-order valence-electron chi connectivity index (χ0n) is 8.48. The van der Waals surface area contributed by atoms with E-state index in [9.17, 15) is 4.39 Å². The Morgan fingerprint density at radius 1 is 1.35 bits per heavy atom. The molecule has 0 unspecified atom stereocenters. The van der Waals surface area contributed by atoms with Crippen molar-refractivity contribution in [2.45, 2.75) is 0 Å². The van der Waals surface area contributed by atoms with E-state index in [1.165, 1.54) is 18.3 Å². The number of benzene rings is 1. The van der Waals surface area contributed by atoms with Gasteiger partial charge in [0, 0.05) is 6.20 Å². The molecule has 1 aromatic carbocycles. The first-order valence-corrected chi connectivity index (χ1v) is 5.02. The van der Waals surface area contributed by atoms with Crippen molar-refractivity contribution in [1.82, 2.24) is 9.97 Å². The minimum absolute atomic E-state index is 0.0732. The van der Waals surface area contributed by atoms with Crippen LogP contribution in [0.3, 0.4) is 0 Å². The van der Waals surface area contributed by atoms with Crippen LogP contribution in [0.2, 0.25) is 5.28 Å². The molecule has 2 aromatic rings. The summed E-state index contributed by atoms with van der Waals surface area (Å²) in [6.45, 7) is 0. The highest BCUT2D eigenvalue weighted by atomic mass is 35.5. The average molecular weight is 249 g/mol. The molecule has 0 spiro atoms. The molecule has 4 nitrogen and oxygen atoms in total. The zero-order valence-corrected chi connectivity index (χ0v) is 9.24. The summed E-state index contributed by atoms with van der Waals surface area (Å²) in [6.07, 6.45) is 1.46. The number of aromatic nitrogens is 2. The Hall–Kier alpha value is -2.19. The van der Waals surface area contributed by atoms with Gasteiger partial charge in [0.25, 0.3) is 0 Å². The highest BCUT2D eigenvalue weighted by molar-refractivity contribution is 6.28. The van der Waals surface area contributed by atoms with E-state index < -0.39 is 5.82 Å². The molecule has 0 bridgehead atoms. The van der Waals surface area contributed by atoms with Crippen LogP contribution >= 0.6 is 11.6 Å². The highest BCUT2D eigenvalue weighted by Gasteiger charge is 2.04. The lowest BCUT2D eigenvalue weighted by Crippen LogP contribution is -1.97. The first kappa shape index (κ1) is 11.3. The molecule has 1 heterocycles. The first-order valence-electron chi connectivity index (χ1n) is 4.64. The van der Waals surface area contributed by atoms with Gasteiger partial charge in [0.1, 0.15) is 11.6 Å². The van der Waals surface area contributed by atoms with Gasteiger partial charge in [-0.2, -0.15) is 5.26 Å². The van der Waals surface area contributed by atoms with Gasteiger partial charge >= 0.3 is 0 Å². The van der Waals surface area contributed by atoms with E-state index in [1.807, 2.05) is 6.07 Å². The van der Waals surface area contributed by atoms with Crippen LogP contribution in [0.4, 0.5) is 15.9 Å². The highest BCUT2D eigenvalue weighted by Crippen LogP contribution is 2.19. The predicted octanol–water partition coefficient (Wildman–Crippen LogP) is 2.88. The van der Waals surface area contributed by atoms with Crippen molar-refractivity contribution in [3.05, 3.63) is 47.1 Å². The molecule has 0 aliphatic carbocycles. The topological polar surface area (TPSA) is 61.6 Å². The number of nitrogens with one attached hydrogen (secondary N) is 1. The van der Waals surface area contributed by atoms with Gasteiger partial charge in [-0.05, 0) is 35.9 Å². The van der Waals surface area contributed by atoms with Crippen LogP contribution < -0.4 is 5.32 Å². The van der Waals surface area contributed by atoms with E-state index in [4.69, 9.17) is 16.9 Å². The lowest BCUT2D eigenvalue weighted by molar-refractivity contribution is 0.631. The van der Waals surface area contributed by atoms with E-state index in [1.54, 1.807) is 6.07 Å². The Morgan fingerprint density at radius 2 is 2.18 bits per heavy atom. The fourth-order valence-corrected chi connectivity index (χ4v) is 1.38. The lowest BCUT2D eigenvalue weighted by Gasteiger charge is -2.06. The second kappa shape index (κ2) is 4.76. The first-order chi connectivity index (χ1) is 8.19. The third kappa shape index (κ3) is 2.68. The van der Waals surface area contributed by atoms with Crippen molar-refractivity contribution in [2.24, 2.45) is 0 Å². The van der Waals surface area contributed by atoms with Gasteiger partial charge < -0.3 is 5.32 Å². The number of nitrogens with zero attached hydrogens (tertiary/aromatic N) is 3. The number of rotatable bonds is 2. The van der Waals surface area contributed by atoms with E-state index in [0.717, 1.165) is 6.07 Å². The standard InChI is InChI=1S/C11H6ClFN4/c12-11-15-4-3-10(17-11)16-9-2-1-7(6-14)5-8(9)13/h1-5H,(H,15,16,17). The molecule has 84 valence electrons. The summed E-state index contributed by atoms with van der Waals surface area (Å²) in [6, 6.07) is 7.53. The molecule has 0 amide bonds. The van der Waals surface area contributed by atoms with Crippen LogP contribution in [0.25, 0.3) is 0 Å². The average Bonchev–Trinajstić information content (AvgIpc) is 2.32. The third-order valence-corrected chi connectivity index (χ3v) is 2.17. The molecular formula is C11H6ClFN4. The Labute approximate surface area is 102 Å². The van der Waals surface area contributed by atoms with Gasteiger partial charge in [-0.3, -0.25) is 0 Å². The SMILES string of the molecule is N#Cc1ccc(Nc2ccnc(Cl)n2)c(F)c1. The van der Waals surface area contributed by atoms with Gasteiger partial charge in [-0.25, -0.2) is 14.4 Å². The van der Waals surface area contributed by atoms with Gasteiger partial charge in [-0.1, -0.05) is 0 Å². The Balaban J connectivity index is 2.28. The number of hydrogen-bond donors (Lipinski definition) is 1. The van der Waals surface area contributed by atoms with Crippen LogP contribution in [-0.2, 0) is 0 Å². The molecule has 6 heteroatoms. The van der Waals surface area contributed by atoms with Crippen molar-refractivity contribution in [2.75, 3.05) is 5.32 Å². The van der Waals surface area contributed by atoms with E-state index >= 15 is 0 Å². The smallest absolute Gasteiger partial charge is 0.224 e. The predicted molar refractivity (Wildman–Crippen MR) is 61.4 cm³/mol. The Morgan fingerprint density at radius 3 is 2.82 bits per heavy atom. The van der Waals surface area contributed by atoms with Gasteiger partial charge in [0.05, 0.1) is 17.3 Å². The summed E-state index contributed by atoms with van der Waals surface area (Å²) in [4.78, 5) is 7.57. The maximum Gasteiger partial charge on any atom is 0.224 e. The molecule has 1 N–H and O–H groups in total. The van der Waals surface area contributed by atoms with Crippen LogP contribution in [0, 0.1) is 17.1 Å². The third-order valence-electron chi connectivity index (χ3n) is 1.99. The number of nitriles is 1. The molecule has 0 aliphatic rings. The fourth-order valence-electron chi connectivity index (χ4n) is 1.23. The van der Waals surface area contributed by atoms with Crippen LogP contribution in [0.5, 0.6) is 0 Å². The summed E-state index contributed by atoms with van der Waals surface area (Å²) in [5.41, 5.74) is 0.479. The molecule has 0 radical (unpaired) electrons. The van der Waals surface area contributed by atoms with Crippen molar-refractivity contribution in [3.8, 4) is 6.07 Å². The largest absolute Gasteiger partial charge is 0.338 e. The summed E-state index contributed by atoms with van der Waals surface area (Å²) in [5, 5.41) is 11.4. The van der Waals surface area contributed by atoms with Crippen LogP contribution in [0.1, 0.15) is 5.56 Å². The molecule has 0 atom stereocenters. The maximum atomic E-state index is 13.5. The van der Waals surface area contributed by atoms with Crippen molar-refractivity contribution < 1.29 is 4.39 Å². The second-order valence-corrected chi connectivity index (χ2v) is 3.48. The zero-order chi connectivity index (χ0) is 12.3. The molecule has 0 saturated carbocycles. The summed E-state index contributed by atoms with van der Waals surface area (Å²) in [5.74, 6) is -0.146.